The van der Waals surface area contributed by atoms with Crippen LogP contribution in [0.25, 0.3) is 0 Å². The van der Waals surface area contributed by atoms with Gasteiger partial charge in [0.2, 0.25) is 0 Å². The van der Waals surface area contributed by atoms with Crippen molar-refractivity contribution < 1.29 is 5.11 Å². The molecule has 1 N–H and O–H groups in total. The molecule has 114 valence electrons. The molecule has 0 saturated carbocycles. The summed E-state index contributed by atoms with van der Waals surface area (Å²) in [5, 5.41) is 10.2. The molecule has 0 fully saturated rings. The first-order valence-electron chi connectivity index (χ1n) is 7.59. The van der Waals surface area contributed by atoms with Crippen LogP contribution < -0.4 is 0 Å². The van der Waals surface area contributed by atoms with E-state index in [0.29, 0.717) is 5.92 Å². The van der Waals surface area contributed by atoms with Crippen LogP contribution in [0.15, 0.2) is 30.3 Å². The van der Waals surface area contributed by atoms with Gasteiger partial charge in [0.15, 0.2) is 0 Å². The molecule has 20 heavy (non-hydrogen) atoms. The van der Waals surface area contributed by atoms with Crippen LogP contribution in [0.2, 0.25) is 0 Å². The van der Waals surface area contributed by atoms with Crippen LogP contribution in [0, 0.1) is 5.92 Å². The van der Waals surface area contributed by atoms with Gasteiger partial charge >= 0.3 is 0 Å². The average Bonchev–Trinajstić information content (AvgIpc) is 2.42. The molecule has 1 atom stereocenters. The number of hydrogen-bond donors (Lipinski definition) is 1. The third-order valence-corrected chi connectivity index (χ3v) is 3.39. The number of nitrogens with zero attached hydrogens (tertiary/aromatic N) is 2. The molecule has 0 spiro atoms. The van der Waals surface area contributed by atoms with E-state index < -0.39 is 0 Å². The standard InChI is InChI=1S/C17H30N2O/c1-15(2)14-19(13-12-18(3)4)11-10-17(20)16-8-6-5-7-9-16/h5-9,15,17,20H,10-14H2,1-4H3. The Morgan fingerprint density at radius 1 is 1.00 bits per heavy atom. The van der Waals surface area contributed by atoms with E-state index >= 15 is 0 Å². The Labute approximate surface area is 124 Å². The zero-order valence-electron chi connectivity index (χ0n) is 13.4. The molecule has 3 nitrogen and oxygen atoms in total. The van der Waals surface area contributed by atoms with E-state index in [1.807, 2.05) is 30.3 Å². The van der Waals surface area contributed by atoms with Crippen molar-refractivity contribution in [1.29, 1.82) is 0 Å². The Kier molecular flexibility index (Phi) is 7.82. The number of aliphatic hydroxyl groups excluding tert-OH is 1. The molecule has 1 rings (SSSR count). The first kappa shape index (κ1) is 17.2. The van der Waals surface area contributed by atoms with Crippen molar-refractivity contribution in [2.45, 2.75) is 26.4 Å². The molecule has 1 unspecified atom stereocenters. The van der Waals surface area contributed by atoms with Crippen LogP contribution in [0.1, 0.15) is 31.9 Å². The second-order valence-corrected chi connectivity index (χ2v) is 6.21. The smallest absolute Gasteiger partial charge is 0.0802 e. The van der Waals surface area contributed by atoms with Crippen molar-refractivity contribution in [3.05, 3.63) is 35.9 Å². The lowest BCUT2D eigenvalue weighted by Gasteiger charge is -2.26. The second kappa shape index (κ2) is 9.11. The van der Waals surface area contributed by atoms with Gasteiger partial charge in [-0.3, -0.25) is 0 Å². The summed E-state index contributed by atoms with van der Waals surface area (Å²) in [7, 11) is 4.21. The van der Waals surface area contributed by atoms with Crippen LogP contribution in [0.3, 0.4) is 0 Å². The molecule has 0 bridgehead atoms. The van der Waals surface area contributed by atoms with Gasteiger partial charge in [-0.05, 0) is 32.0 Å². The minimum atomic E-state index is -0.356. The predicted octanol–water partition coefficient (Wildman–Crippen LogP) is 2.63. The van der Waals surface area contributed by atoms with Crippen molar-refractivity contribution in [2.75, 3.05) is 40.3 Å². The quantitative estimate of drug-likeness (QED) is 0.752. The van der Waals surface area contributed by atoms with Crippen molar-refractivity contribution in [3.63, 3.8) is 0 Å². The Bertz CT molecular complexity index is 351. The summed E-state index contributed by atoms with van der Waals surface area (Å²) in [5.41, 5.74) is 1.02. The Morgan fingerprint density at radius 2 is 1.65 bits per heavy atom. The number of benzene rings is 1. The Morgan fingerprint density at radius 3 is 2.20 bits per heavy atom. The first-order valence-corrected chi connectivity index (χ1v) is 7.59. The van der Waals surface area contributed by atoms with Crippen LogP contribution in [0.4, 0.5) is 0 Å². The fourth-order valence-corrected chi connectivity index (χ4v) is 2.30. The molecule has 1 aromatic rings. The van der Waals surface area contributed by atoms with Gasteiger partial charge < -0.3 is 14.9 Å². The van der Waals surface area contributed by atoms with Crippen molar-refractivity contribution in [2.24, 2.45) is 5.92 Å². The van der Waals surface area contributed by atoms with Crippen molar-refractivity contribution >= 4 is 0 Å². The minimum Gasteiger partial charge on any atom is -0.388 e. The summed E-state index contributed by atoms with van der Waals surface area (Å²) in [4.78, 5) is 4.66. The largest absolute Gasteiger partial charge is 0.388 e. The monoisotopic (exact) mass is 278 g/mol. The summed E-state index contributed by atoms with van der Waals surface area (Å²) >= 11 is 0. The van der Waals surface area contributed by atoms with Crippen LogP contribution in [-0.2, 0) is 0 Å². The molecular weight excluding hydrogens is 248 g/mol. The van der Waals surface area contributed by atoms with Gasteiger partial charge in [0, 0.05) is 26.2 Å². The molecule has 0 heterocycles. The number of hydrogen-bond acceptors (Lipinski definition) is 3. The zero-order valence-corrected chi connectivity index (χ0v) is 13.4. The van der Waals surface area contributed by atoms with E-state index in [1.165, 1.54) is 0 Å². The maximum Gasteiger partial charge on any atom is 0.0802 e. The summed E-state index contributed by atoms with van der Waals surface area (Å²) < 4.78 is 0. The Hall–Kier alpha value is -0.900. The maximum atomic E-state index is 10.2. The lowest BCUT2D eigenvalue weighted by molar-refractivity contribution is 0.133. The third kappa shape index (κ3) is 7.04. The van der Waals surface area contributed by atoms with Crippen LogP contribution in [0.5, 0.6) is 0 Å². The molecule has 0 radical (unpaired) electrons. The van der Waals surface area contributed by atoms with E-state index in [1.54, 1.807) is 0 Å². The molecule has 0 aromatic heterocycles. The molecular formula is C17H30N2O. The van der Waals surface area contributed by atoms with Crippen LogP contribution >= 0.6 is 0 Å². The first-order chi connectivity index (χ1) is 9.49. The molecule has 3 heteroatoms. The molecule has 0 amide bonds. The highest BCUT2D eigenvalue weighted by Crippen LogP contribution is 2.16. The number of aliphatic hydroxyl groups is 1. The average molecular weight is 278 g/mol. The maximum absolute atomic E-state index is 10.2. The summed E-state index contributed by atoms with van der Waals surface area (Å²) in [6, 6.07) is 9.94. The molecule has 0 aliphatic carbocycles. The zero-order chi connectivity index (χ0) is 15.0. The van der Waals surface area contributed by atoms with Crippen molar-refractivity contribution in [1.82, 2.24) is 9.80 Å². The van der Waals surface area contributed by atoms with Gasteiger partial charge in [0.1, 0.15) is 0 Å². The third-order valence-electron chi connectivity index (χ3n) is 3.39. The lowest BCUT2D eigenvalue weighted by Crippen LogP contribution is -2.35. The molecule has 0 saturated heterocycles. The molecule has 1 aromatic carbocycles. The van der Waals surface area contributed by atoms with E-state index in [9.17, 15) is 5.11 Å². The van der Waals surface area contributed by atoms with E-state index in [-0.39, 0.29) is 6.10 Å². The topological polar surface area (TPSA) is 26.7 Å². The highest BCUT2D eigenvalue weighted by Gasteiger charge is 2.12. The Balaban J connectivity index is 2.44. The summed E-state index contributed by atoms with van der Waals surface area (Å²) in [6.07, 6.45) is 0.440. The number of likely N-dealkylation sites (N-methyl/N-ethyl adjacent to an activating group) is 1. The fraction of sp³-hybridized carbons (Fsp3) is 0.647. The minimum absolute atomic E-state index is 0.356. The molecule has 0 aliphatic heterocycles. The highest BCUT2D eigenvalue weighted by atomic mass is 16.3. The fourth-order valence-electron chi connectivity index (χ4n) is 2.30. The second-order valence-electron chi connectivity index (χ2n) is 6.21. The van der Waals surface area contributed by atoms with Crippen molar-refractivity contribution in [3.8, 4) is 0 Å². The van der Waals surface area contributed by atoms with Gasteiger partial charge in [-0.25, -0.2) is 0 Å². The van der Waals surface area contributed by atoms with Gasteiger partial charge in [-0.15, -0.1) is 0 Å². The van der Waals surface area contributed by atoms with Gasteiger partial charge in [0.05, 0.1) is 6.10 Å². The van der Waals surface area contributed by atoms with E-state index in [4.69, 9.17) is 0 Å². The van der Waals surface area contributed by atoms with Gasteiger partial charge in [-0.2, -0.15) is 0 Å². The lowest BCUT2D eigenvalue weighted by atomic mass is 10.1. The van der Waals surface area contributed by atoms with Crippen LogP contribution in [-0.4, -0.2) is 55.2 Å². The highest BCUT2D eigenvalue weighted by molar-refractivity contribution is 5.17. The normalized spacial score (nSPS) is 13.4. The van der Waals surface area contributed by atoms with E-state index in [0.717, 1.165) is 38.2 Å². The van der Waals surface area contributed by atoms with Gasteiger partial charge in [0.25, 0.3) is 0 Å². The SMILES string of the molecule is CC(C)CN(CCC(O)c1ccccc1)CCN(C)C. The summed E-state index contributed by atoms with van der Waals surface area (Å²) in [5.74, 6) is 0.658. The molecule has 0 aliphatic rings. The number of rotatable bonds is 9. The predicted molar refractivity (Wildman–Crippen MR) is 85.9 cm³/mol. The van der Waals surface area contributed by atoms with Gasteiger partial charge in [-0.1, -0.05) is 44.2 Å². The van der Waals surface area contributed by atoms with E-state index in [2.05, 4.69) is 37.7 Å². The summed E-state index contributed by atoms with van der Waals surface area (Å²) in [6.45, 7) is 8.66.